The monoisotopic (exact) mass is 1970 g/mol. The number of unbranched alkanes of at least 4 members (excludes halogenated alkanes) is 12. The van der Waals surface area contributed by atoms with Crippen molar-refractivity contribution in [1.29, 1.82) is 0 Å². The molecule has 3 heterocycles. The molecule has 15 heteroatoms. The molecule has 0 aliphatic heterocycles. The smallest absolute Gasteiger partial charge is 0.183 e. The number of imidazole rings is 3. The Morgan fingerprint density at radius 2 is 0.420 bits per heavy atom. The first-order valence-electron chi connectivity index (χ1n) is 59.6. The van der Waals surface area contributed by atoms with Crippen LogP contribution in [0.15, 0.2) is 72.8 Å². The summed E-state index contributed by atoms with van der Waals surface area (Å²) in [6.45, 7) is 74.9. The second-order valence-corrected chi connectivity index (χ2v) is 44.0. The van der Waals surface area contributed by atoms with E-state index in [0.717, 1.165) is 117 Å². The maximum absolute atomic E-state index is 8.00. The Hall–Kier alpha value is -3.80. The molecular weight excluding hydrogens is 1740 g/mol. The van der Waals surface area contributed by atoms with Gasteiger partial charge in [-0.05, 0) is 208 Å². The number of nitrogens with one attached hydrogen (secondary N) is 3. The summed E-state index contributed by atoms with van der Waals surface area (Å²) >= 11 is 17.0. The minimum Gasteiger partial charge on any atom is -0.331 e. The summed E-state index contributed by atoms with van der Waals surface area (Å²) in [4.78, 5) is 31.5. The number of benzene rings is 3. The van der Waals surface area contributed by atoms with E-state index in [2.05, 4.69) is 268 Å². The standard InChI is InChI=1S/C41H76N4S.C33H70N2.C24H41N3S.C17H36.C7H6N2S.CH2O/c1-9-17-23-35(13-5)29-42(30-36(14-6)24-18-10-2)33-44-39-27-21-22-28-40(39)45(41(44)46)34-43(31-37(15-7)25-19-11-3)32-38(16-8)26-20-12-4;1-9-17-21-30(13-5)25-34(26-31(14-6)22-18-10-2)29-35(27-32(15-7)23-19-11-3)28-33(16-8)24-20-12-4;1-5-9-13-20(7-3)17-26(18-21(8-4)14-10-6-2)19-27-23-16-12-11-15-22(23)25-24(27)28;1-5-9-12-16(7-3)14-11-15-17(8-4)13-10-6-2;10-7-8-5-3-1-2-4-6(5)9-7;1-2/h21-22,27-28,35-38H,9-20,23-26,29-34H2,1-8H3;30-33H,9-29H2,1-8H3;11-12,15-16,20-21H,5-10,13-14,17-19H2,1-4H3,(H,25,28);16-17H,5-15H2,1-4H3;1-4H,(H2,8,9,10);1H2. The summed E-state index contributed by atoms with van der Waals surface area (Å²) in [7, 11) is 0. The van der Waals surface area contributed by atoms with Gasteiger partial charge in [0.2, 0.25) is 0 Å². The van der Waals surface area contributed by atoms with Crippen LogP contribution in [0.4, 0.5) is 0 Å². The lowest BCUT2D eigenvalue weighted by Gasteiger charge is -2.38. The van der Waals surface area contributed by atoms with Crippen LogP contribution < -0.4 is 0 Å². The van der Waals surface area contributed by atoms with Crippen molar-refractivity contribution in [3.8, 4) is 0 Å². The van der Waals surface area contributed by atoms with Gasteiger partial charge in [-0.1, -0.05) is 466 Å². The molecule has 0 radical (unpaired) electrons. The fraction of sp³-hybridized carbons (Fsp3) is 0.821. The van der Waals surface area contributed by atoms with Crippen molar-refractivity contribution in [3.05, 3.63) is 87.1 Å². The van der Waals surface area contributed by atoms with Crippen LogP contribution in [0.2, 0.25) is 0 Å². The average molecular weight is 1980 g/mol. The molecule has 3 aromatic carbocycles. The molecule has 138 heavy (non-hydrogen) atoms. The van der Waals surface area contributed by atoms with E-state index < -0.39 is 0 Å². The molecule has 3 aromatic heterocycles. The van der Waals surface area contributed by atoms with Gasteiger partial charge >= 0.3 is 0 Å². The molecule has 0 bridgehead atoms. The van der Waals surface area contributed by atoms with Crippen LogP contribution in [-0.2, 0) is 24.8 Å². The van der Waals surface area contributed by atoms with E-state index in [4.69, 9.17) is 41.4 Å². The third-order valence-electron chi connectivity index (χ3n) is 31.4. The highest BCUT2D eigenvalue weighted by molar-refractivity contribution is 7.71. The molecule has 12 nitrogen and oxygen atoms in total. The number of aromatic nitrogens is 6. The summed E-state index contributed by atoms with van der Waals surface area (Å²) in [5.41, 5.74) is 7.10. The van der Waals surface area contributed by atoms with Gasteiger partial charge in [0.15, 0.2) is 14.3 Å². The Kier molecular flexibility index (Phi) is 83.7. The lowest BCUT2D eigenvalue weighted by Crippen LogP contribution is -2.45. The summed E-state index contributed by atoms with van der Waals surface area (Å²) in [6, 6.07) is 25.5. The lowest BCUT2D eigenvalue weighted by molar-refractivity contribution is -0.0980. The fourth-order valence-electron chi connectivity index (χ4n) is 21.2. The van der Waals surface area contributed by atoms with Crippen LogP contribution >= 0.6 is 36.7 Å². The molecule has 0 saturated heterocycles. The summed E-state index contributed by atoms with van der Waals surface area (Å²) in [5.74, 6) is 10.1. The molecule has 6 aromatic rings. The Bertz CT molecular complexity index is 3610. The van der Waals surface area contributed by atoms with Crippen molar-refractivity contribution in [2.75, 3.05) is 72.1 Å². The van der Waals surface area contributed by atoms with Crippen LogP contribution in [0.5, 0.6) is 0 Å². The number of hydrogen-bond donors (Lipinski definition) is 3. The van der Waals surface area contributed by atoms with Crippen molar-refractivity contribution in [2.45, 2.75) is 514 Å². The average Bonchev–Trinajstić information content (AvgIpc) is 1.62. The summed E-state index contributed by atoms with van der Waals surface area (Å²) in [5, 5.41) is 0. The number of rotatable bonds is 80. The molecule has 3 N–H and O–H groups in total. The van der Waals surface area contributed by atoms with Gasteiger partial charge in [-0.15, -0.1) is 0 Å². The van der Waals surface area contributed by atoms with E-state index >= 15 is 0 Å². The molecular formula is C123H231N11OS3. The predicted octanol–water partition coefficient (Wildman–Crippen LogP) is 39.0. The number of carbonyl (C=O) groups excluding carboxylic acids is 1. The molecule has 0 spiro atoms. The van der Waals surface area contributed by atoms with Crippen LogP contribution in [-0.4, -0.2) is 132 Å². The van der Waals surface area contributed by atoms with Gasteiger partial charge in [0.25, 0.3) is 0 Å². The predicted molar refractivity (Wildman–Crippen MR) is 625 cm³/mol. The third kappa shape index (κ3) is 57.3. The molecule has 6 rings (SSSR count). The second-order valence-electron chi connectivity index (χ2n) is 42.8. The first-order valence-corrected chi connectivity index (χ1v) is 60.8. The molecule has 0 fully saturated rings. The first kappa shape index (κ1) is 132. The van der Waals surface area contributed by atoms with Crippen molar-refractivity contribution >= 4 is 76.5 Å². The topological polar surface area (TPSA) is 95.4 Å². The van der Waals surface area contributed by atoms with Gasteiger partial charge in [0.1, 0.15) is 6.79 Å². The van der Waals surface area contributed by atoms with Crippen molar-refractivity contribution in [3.63, 3.8) is 0 Å². The number of aromatic amines is 3. The zero-order valence-corrected chi connectivity index (χ0v) is 98.2. The van der Waals surface area contributed by atoms with Gasteiger partial charge in [-0.3, -0.25) is 24.5 Å². The number of fused-ring (bicyclic) bond motifs is 3. The maximum Gasteiger partial charge on any atom is 0.183 e. The van der Waals surface area contributed by atoms with Gasteiger partial charge < -0.3 is 33.4 Å². The minimum absolute atomic E-state index is 0.682. The van der Waals surface area contributed by atoms with E-state index in [9.17, 15) is 0 Å². The van der Waals surface area contributed by atoms with Crippen LogP contribution in [0.1, 0.15) is 494 Å². The van der Waals surface area contributed by atoms with E-state index in [1.54, 1.807) is 0 Å². The quantitative estimate of drug-likeness (QED) is 0.0255. The lowest BCUT2D eigenvalue weighted by atomic mass is 9.89. The maximum atomic E-state index is 8.00. The Morgan fingerprint density at radius 3 is 0.645 bits per heavy atom. The van der Waals surface area contributed by atoms with Gasteiger partial charge in [0, 0.05) is 65.4 Å². The minimum atomic E-state index is 0.682. The molecule has 0 aliphatic carbocycles. The highest BCUT2D eigenvalue weighted by Crippen LogP contribution is 2.32. The van der Waals surface area contributed by atoms with Gasteiger partial charge in [0.05, 0.1) is 59.8 Å². The zero-order chi connectivity index (χ0) is 102. The van der Waals surface area contributed by atoms with Gasteiger partial charge in [-0.25, -0.2) is 0 Å². The van der Waals surface area contributed by atoms with E-state index in [1.807, 2.05) is 31.1 Å². The Labute approximate surface area is 872 Å². The van der Waals surface area contributed by atoms with Crippen LogP contribution in [0.3, 0.4) is 0 Å². The molecule has 12 unspecified atom stereocenters. The molecule has 0 aliphatic rings. The Balaban J connectivity index is 0.000000918. The molecule has 12 atom stereocenters. The normalized spacial score (nSPS) is 14.4. The van der Waals surface area contributed by atoms with E-state index in [0.29, 0.717) is 4.77 Å². The number of H-pyrrole nitrogens is 3. The number of para-hydroxylation sites is 6. The molecule has 802 valence electrons. The summed E-state index contributed by atoms with van der Waals surface area (Å²) in [6.07, 6.45) is 69.1. The first-order chi connectivity index (χ1) is 67.1. The third-order valence-corrected chi connectivity index (χ3v) is 32.3. The number of hydrogen-bond acceptors (Lipinski definition) is 9. The van der Waals surface area contributed by atoms with E-state index in [-0.39, 0.29) is 0 Å². The summed E-state index contributed by atoms with van der Waals surface area (Å²) < 4.78 is 9.80. The largest absolute Gasteiger partial charge is 0.331 e. The van der Waals surface area contributed by atoms with E-state index in [1.165, 1.54) is 416 Å². The highest BCUT2D eigenvalue weighted by atomic mass is 32.1. The van der Waals surface area contributed by atoms with Crippen molar-refractivity contribution in [2.24, 2.45) is 71.0 Å². The van der Waals surface area contributed by atoms with Crippen LogP contribution in [0.25, 0.3) is 33.1 Å². The fourth-order valence-corrected chi connectivity index (χ4v) is 22.0. The zero-order valence-electron chi connectivity index (χ0n) is 95.7. The van der Waals surface area contributed by atoms with Crippen LogP contribution in [0, 0.1) is 85.3 Å². The molecule has 0 saturated carbocycles. The number of carbonyl (C=O) groups is 1. The SMILES string of the molecule is C=O.CCCCC(CC)CCCC(CC)CCCC.CCCCC(CC)CN(CC(CC)CCCC)CN(CC(CC)CCCC)CC(CC)CCCC.CCCCC(CC)CN(CC(CC)CCCC)Cn1c(=S)[nH]c2ccccc21.CCCCC(CC)CN(CC(CC)CCCC)Cn1c(=S)n(CN(CC(CC)CCCC)CC(CC)CCCC)c2ccccc21.S=c1[nH]c2ccccc2[nH]1. The highest BCUT2D eigenvalue weighted by Gasteiger charge is 2.28. The second kappa shape index (κ2) is 87.4. The molecule has 0 amide bonds. The number of nitrogens with zero attached hydrogens (tertiary/aromatic N) is 8. The van der Waals surface area contributed by atoms with Crippen molar-refractivity contribution in [1.82, 2.24) is 53.2 Å². The Morgan fingerprint density at radius 1 is 0.232 bits per heavy atom. The van der Waals surface area contributed by atoms with Crippen molar-refractivity contribution < 1.29 is 4.79 Å². The van der Waals surface area contributed by atoms with Gasteiger partial charge in [-0.2, -0.15) is 0 Å².